The fourth-order valence-electron chi connectivity index (χ4n) is 1.54. The van der Waals surface area contributed by atoms with E-state index < -0.39 is 0 Å². The highest BCUT2D eigenvalue weighted by atomic mass is 32.1. The molecule has 92 valence electrons. The van der Waals surface area contributed by atoms with E-state index in [1.807, 2.05) is 13.0 Å². The molecule has 5 nitrogen and oxygen atoms in total. The summed E-state index contributed by atoms with van der Waals surface area (Å²) in [4.78, 5) is 5.46. The van der Waals surface area contributed by atoms with E-state index in [1.165, 1.54) is 11.3 Å². The Morgan fingerprint density at radius 2 is 2.35 bits per heavy atom. The number of ether oxygens (including phenoxy) is 1. The van der Waals surface area contributed by atoms with Crippen LogP contribution in [0.25, 0.3) is 11.5 Å². The summed E-state index contributed by atoms with van der Waals surface area (Å²) >= 11 is 1.52. The van der Waals surface area contributed by atoms with Crippen molar-refractivity contribution in [2.24, 2.45) is 0 Å². The van der Waals surface area contributed by atoms with Gasteiger partial charge >= 0.3 is 0 Å². The zero-order valence-corrected chi connectivity index (χ0v) is 10.7. The highest BCUT2D eigenvalue weighted by Gasteiger charge is 2.13. The minimum Gasteiger partial charge on any atom is -0.390 e. The van der Waals surface area contributed by atoms with Crippen molar-refractivity contribution in [1.82, 2.24) is 10.1 Å². The summed E-state index contributed by atoms with van der Waals surface area (Å²) in [6.07, 6.45) is 1.63. The van der Waals surface area contributed by atoms with Crippen LogP contribution in [0.1, 0.15) is 17.1 Å². The van der Waals surface area contributed by atoms with Crippen LogP contribution in [0.5, 0.6) is 0 Å². The van der Waals surface area contributed by atoms with Crippen LogP contribution >= 0.6 is 11.3 Å². The Hall–Kier alpha value is -1.40. The number of nitrogens with two attached hydrogens (primary N) is 1. The van der Waals surface area contributed by atoms with Gasteiger partial charge in [0, 0.05) is 25.0 Å². The predicted molar refractivity (Wildman–Crippen MR) is 67.0 cm³/mol. The van der Waals surface area contributed by atoms with Crippen molar-refractivity contribution in [1.29, 1.82) is 0 Å². The molecule has 2 aromatic heterocycles. The standard InChI is InChI=1S/C11H15N3O2S/c1-7-6-8(10(12)17-7)11-13-9(14-16-11)4-3-5-15-2/h6H,3-5,12H2,1-2H3. The van der Waals surface area contributed by atoms with Crippen molar-refractivity contribution in [2.75, 3.05) is 19.5 Å². The maximum Gasteiger partial charge on any atom is 0.260 e. The molecule has 0 saturated heterocycles. The second kappa shape index (κ2) is 5.29. The first-order valence-electron chi connectivity index (χ1n) is 5.38. The van der Waals surface area contributed by atoms with Crippen LogP contribution in [0.2, 0.25) is 0 Å². The fraction of sp³-hybridized carbons (Fsp3) is 0.455. The number of nitrogen functional groups attached to an aromatic ring is 1. The number of thiophene rings is 1. The Bertz CT molecular complexity index is 493. The van der Waals surface area contributed by atoms with Crippen molar-refractivity contribution >= 4 is 16.3 Å². The van der Waals surface area contributed by atoms with Gasteiger partial charge in [0.1, 0.15) is 0 Å². The summed E-state index contributed by atoms with van der Waals surface area (Å²) in [7, 11) is 1.68. The largest absolute Gasteiger partial charge is 0.390 e. The van der Waals surface area contributed by atoms with Gasteiger partial charge in [-0.15, -0.1) is 11.3 Å². The van der Waals surface area contributed by atoms with Crippen LogP contribution in [0.3, 0.4) is 0 Å². The molecule has 0 bridgehead atoms. The molecule has 0 aromatic carbocycles. The van der Waals surface area contributed by atoms with Crippen molar-refractivity contribution in [3.8, 4) is 11.5 Å². The third-order valence-electron chi connectivity index (χ3n) is 2.33. The molecule has 0 aliphatic rings. The monoisotopic (exact) mass is 253 g/mol. The summed E-state index contributed by atoms with van der Waals surface area (Å²) in [5.41, 5.74) is 6.71. The molecule has 0 aliphatic carbocycles. The average molecular weight is 253 g/mol. The maximum absolute atomic E-state index is 5.88. The van der Waals surface area contributed by atoms with E-state index in [-0.39, 0.29) is 0 Å². The van der Waals surface area contributed by atoms with Crippen LogP contribution < -0.4 is 5.73 Å². The quantitative estimate of drug-likeness (QED) is 0.827. The lowest BCUT2D eigenvalue weighted by atomic mass is 10.3. The first-order chi connectivity index (χ1) is 8.20. The molecular formula is C11H15N3O2S. The van der Waals surface area contributed by atoms with Crippen molar-refractivity contribution in [2.45, 2.75) is 19.8 Å². The molecule has 0 atom stereocenters. The molecule has 0 fully saturated rings. The minimum absolute atomic E-state index is 0.499. The lowest BCUT2D eigenvalue weighted by molar-refractivity contribution is 0.194. The average Bonchev–Trinajstić information content (AvgIpc) is 2.86. The van der Waals surface area contributed by atoms with E-state index >= 15 is 0 Å². The highest BCUT2D eigenvalue weighted by molar-refractivity contribution is 7.16. The fourth-order valence-corrected chi connectivity index (χ4v) is 2.32. The summed E-state index contributed by atoms with van der Waals surface area (Å²) in [6, 6.07) is 1.96. The van der Waals surface area contributed by atoms with Gasteiger partial charge in [-0.2, -0.15) is 4.98 Å². The molecule has 0 amide bonds. The normalized spacial score (nSPS) is 10.9. The SMILES string of the molecule is COCCCc1noc(-c2cc(C)sc2N)n1. The Morgan fingerprint density at radius 3 is 3.00 bits per heavy atom. The summed E-state index contributed by atoms with van der Waals surface area (Å²) in [5, 5.41) is 4.64. The molecule has 6 heteroatoms. The smallest absolute Gasteiger partial charge is 0.260 e. The lowest BCUT2D eigenvalue weighted by Gasteiger charge is -1.93. The number of aryl methyl sites for hydroxylation is 2. The van der Waals surface area contributed by atoms with Gasteiger partial charge in [0.25, 0.3) is 5.89 Å². The maximum atomic E-state index is 5.88. The molecule has 0 unspecified atom stereocenters. The van der Waals surface area contributed by atoms with E-state index in [2.05, 4.69) is 10.1 Å². The molecule has 0 spiro atoms. The topological polar surface area (TPSA) is 74.2 Å². The van der Waals surface area contributed by atoms with Gasteiger partial charge < -0.3 is 15.0 Å². The van der Waals surface area contributed by atoms with E-state index in [1.54, 1.807) is 7.11 Å². The number of aromatic nitrogens is 2. The number of anilines is 1. The predicted octanol–water partition coefficient (Wildman–Crippen LogP) is 2.27. The summed E-state index contributed by atoms with van der Waals surface area (Å²) in [5.74, 6) is 1.19. The third kappa shape index (κ3) is 2.83. The molecule has 2 heterocycles. The number of rotatable bonds is 5. The van der Waals surface area contributed by atoms with E-state index in [9.17, 15) is 0 Å². The van der Waals surface area contributed by atoms with Crippen LogP contribution in [-0.4, -0.2) is 23.9 Å². The number of nitrogens with zero attached hydrogens (tertiary/aromatic N) is 2. The van der Waals surface area contributed by atoms with Crippen molar-refractivity contribution in [3.05, 3.63) is 16.8 Å². The molecule has 2 N–H and O–H groups in total. The lowest BCUT2D eigenvalue weighted by Crippen LogP contribution is -1.94. The van der Waals surface area contributed by atoms with Crippen molar-refractivity contribution < 1.29 is 9.26 Å². The van der Waals surface area contributed by atoms with E-state index in [0.717, 1.165) is 28.3 Å². The van der Waals surface area contributed by atoms with E-state index in [4.69, 9.17) is 15.0 Å². The second-order valence-electron chi connectivity index (χ2n) is 3.75. The zero-order chi connectivity index (χ0) is 12.3. The van der Waals surface area contributed by atoms with Crippen LogP contribution in [0.15, 0.2) is 10.6 Å². The van der Waals surface area contributed by atoms with Crippen LogP contribution in [-0.2, 0) is 11.2 Å². The first kappa shape index (κ1) is 12.1. The van der Waals surface area contributed by atoms with Gasteiger partial charge in [0.2, 0.25) is 0 Å². The summed E-state index contributed by atoms with van der Waals surface area (Å²) < 4.78 is 10.2. The molecule has 17 heavy (non-hydrogen) atoms. The summed E-state index contributed by atoms with van der Waals surface area (Å²) in [6.45, 7) is 2.70. The molecule has 0 radical (unpaired) electrons. The Balaban J connectivity index is 2.10. The van der Waals surface area contributed by atoms with Gasteiger partial charge in [-0.25, -0.2) is 0 Å². The van der Waals surface area contributed by atoms with Crippen molar-refractivity contribution in [3.63, 3.8) is 0 Å². The molecule has 0 saturated carbocycles. The van der Waals surface area contributed by atoms with Gasteiger partial charge in [-0.05, 0) is 19.4 Å². The molecular weight excluding hydrogens is 238 g/mol. The molecule has 2 rings (SSSR count). The number of hydrogen-bond acceptors (Lipinski definition) is 6. The molecule has 0 aliphatic heterocycles. The Labute approximate surface area is 104 Å². The highest BCUT2D eigenvalue weighted by Crippen LogP contribution is 2.32. The second-order valence-corrected chi connectivity index (χ2v) is 5.03. The molecule has 2 aromatic rings. The van der Waals surface area contributed by atoms with Crippen LogP contribution in [0.4, 0.5) is 5.00 Å². The van der Waals surface area contributed by atoms with E-state index in [0.29, 0.717) is 18.3 Å². The van der Waals surface area contributed by atoms with Gasteiger partial charge in [0.05, 0.1) is 10.6 Å². The number of methoxy groups -OCH3 is 1. The minimum atomic E-state index is 0.499. The Kier molecular flexibility index (Phi) is 3.75. The number of hydrogen-bond donors (Lipinski definition) is 1. The van der Waals surface area contributed by atoms with Crippen LogP contribution in [0, 0.1) is 6.92 Å². The van der Waals surface area contributed by atoms with Gasteiger partial charge in [-0.1, -0.05) is 5.16 Å². The zero-order valence-electron chi connectivity index (χ0n) is 9.90. The van der Waals surface area contributed by atoms with Gasteiger partial charge in [-0.3, -0.25) is 0 Å². The van der Waals surface area contributed by atoms with Gasteiger partial charge in [0.15, 0.2) is 5.82 Å². The third-order valence-corrected chi connectivity index (χ3v) is 3.21. The first-order valence-corrected chi connectivity index (χ1v) is 6.20. The Morgan fingerprint density at radius 1 is 1.53 bits per heavy atom.